The minimum absolute atomic E-state index is 0.0665. The molecule has 1 aliphatic rings. The molecule has 0 saturated carbocycles. The highest BCUT2D eigenvalue weighted by Crippen LogP contribution is 2.24. The number of aryl methyl sites for hydroxylation is 1. The van der Waals surface area contributed by atoms with E-state index in [9.17, 15) is 18.0 Å². The van der Waals surface area contributed by atoms with E-state index in [0.717, 1.165) is 5.56 Å². The van der Waals surface area contributed by atoms with Gasteiger partial charge in [-0.2, -0.15) is 4.31 Å². The van der Waals surface area contributed by atoms with Gasteiger partial charge in [-0.25, -0.2) is 13.2 Å². The van der Waals surface area contributed by atoms with Crippen molar-refractivity contribution in [2.24, 2.45) is 0 Å². The lowest BCUT2D eigenvalue weighted by Gasteiger charge is -2.26. The third-order valence-corrected chi connectivity index (χ3v) is 7.66. The zero-order chi connectivity index (χ0) is 26.3. The molecule has 1 aliphatic heterocycles. The number of morpholine rings is 1. The van der Waals surface area contributed by atoms with E-state index in [2.05, 4.69) is 5.32 Å². The highest BCUT2D eigenvalue weighted by Gasteiger charge is 2.27. The van der Waals surface area contributed by atoms with E-state index >= 15 is 0 Å². The van der Waals surface area contributed by atoms with Crippen molar-refractivity contribution in [1.29, 1.82) is 0 Å². The van der Waals surface area contributed by atoms with Crippen LogP contribution in [0.3, 0.4) is 0 Å². The number of nitrogens with one attached hydrogen (secondary N) is 1. The summed E-state index contributed by atoms with van der Waals surface area (Å²) in [4.78, 5) is 25.3. The molecule has 0 radical (unpaired) electrons. The molecule has 1 heterocycles. The Morgan fingerprint density at radius 2 is 1.68 bits per heavy atom. The first kappa shape index (κ1) is 26.3. The Balaban J connectivity index is 1.38. The van der Waals surface area contributed by atoms with Gasteiger partial charge >= 0.3 is 5.97 Å². The number of carbonyl (C=O) groups is 2. The van der Waals surface area contributed by atoms with E-state index in [4.69, 9.17) is 14.2 Å². The van der Waals surface area contributed by atoms with E-state index in [-0.39, 0.29) is 30.2 Å². The lowest BCUT2D eigenvalue weighted by Crippen LogP contribution is -2.40. The van der Waals surface area contributed by atoms with Crippen LogP contribution in [0, 0.1) is 6.92 Å². The highest BCUT2D eigenvalue weighted by molar-refractivity contribution is 7.89. The SMILES string of the molecule is Cc1ccc(S(=O)(=O)N2CCOCC2)cc1NC(=O)COC(=O)c1ccccc1OCc1ccccc1. The maximum absolute atomic E-state index is 13.0. The maximum atomic E-state index is 13.0. The predicted octanol–water partition coefficient (Wildman–Crippen LogP) is 3.39. The Morgan fingerprint density at radius 1 is 0.973 bits per heavy atom. The van der Waals surface area contributed by atoms with Crippen LogP contribution < -0.4 is 10.1 Å². The molecule has 4 rings (SSSR count). The monoisotopic (exact) mass is 524 g/mol. The fraction of sp³-hybridized carbons (Fsp3) is 0.259. The summed E-state index contributed by atoms with van der Waals surface area (Å²) in [6, 6.07) is 20.7. The van der Waals surface area contributed by atoms with Gasteiger partial charge in [0.1, 0.15) is 17.9 Å². The van der Waals surface area contributed by atoms with Crippen LogP contribution in [0.5, 0.6) is 5.75 Å². The van der Waals surface area contributed by atoms with Crippen molar-refractivity contribution in [3.8, 4) is 5.75 Å². The summed E-state index contributed by atoms with van der Waals surface area (Å²) in [5, 5.41) is 2.64. The second-order valence-corrected chi connectivity index (χ2v) is 10.3. The largest absolute Gasteiger partial charge is 0.488 e. The Kier molecular flexibility index (Phi) is 8.54. The lowest BCUT2D eigenvalue weighted by atomic mass is 10.2. The Labute approximate surface area is 216 Å². The number of benzene rings is 3. The van der Waals surface area contributed by atoms with Crippen LogP contribution >= 0.6 is 0 Å². The standard InChI is InChI=1S/C27H28N2O7S/c1-20-11-12-22(37(32,33)29-13-15-34-16-14-29)17-24(20)28-26(30)19-36-27(31)23-9-5-6-10-25(23)35-18-21-7-3-2-4-8-21/h2-12,17H,13-16,18-19H2,1H3,(H,28,30). The Hall–Kier alpha value is -3.73. The van der Waals surface area contributed by atoms with Gasteiger partial charge in [-0.05, 0) is 42.3 Å². The smallest absolute Gasteiger partial charge is 0.342 e. The first-order valence-electron chi connectivity index (χ1n) is 11.8. The van der Waals surface area contributed by atoms with Crippen molar-refractivity contribution in [2.45, 2.75) is 18.4 Å². The molecule has 0 bridgehead atoms. The van der Waals surface area contributed by atoms with Crippen molar-refractivity contribution < 1.29 is 32.2 Å². The van der Waals surface area contributed by atoms with Crippen LogP contribution in [0.1, 0.15) is 21.5 Å². The molecule has 37 heavy (non-hydrogen) atoms. The topological polar surface area (TPSA) is 111 Å². The number of anilines is 1. The zero-order valence-corrected chi connectivity index (χ0v) is 21.2. The van der Waals surface area contributed by atoms with Crippen molar-refractivity contribution >= 4 is 27.6 Å². The lowest BCUT2D eigenvalue weighted by molar-refractivity contribution is -0.119. The molecule has 3 aromatic carbocycles. The summed E-state index contributed by atoms with van der Waals surface area (Å²) < 4.78 is 43.5. The number of amides is 1. The molecule has 3 aromatic rings. The molecule has 1 fully saturated rings. The minimum Gasteiger partial charge on any atom is -0.488 e. The summed E-state index contributed by atoms with van der Waals surface area (Å²) in [5.74, 6) is -0.965. The van der Waals surface area contributed by atoms with Gasteiger partial charge in [0, 0.05) is 18.8 Å². The quantitative estimate of drug-likeness (QED) is 0.427. The molecular weight excluding hydrogens is 496 g/mol. The van der Waals surface area contributed by atoms with Crippen LogP contribution in [0.4, 0.5) is 5.69 Å². The number of sulfonamides is 1. The van der Waals surface area contributed by atoms with Crippen LogP contribution in [0.25, 0.3) is 0 Å². The van der Waals surface area contributed by atoms with Gasteiger partial charge in [-0.15, -0.1) is 0 Å². The van der Waals surface area contributed by atoms with E-state index < -0.39 is 28.5 Å². The third-order valence-electron chi connectivity index (χ3n) is 5.77. The summed E-state index contributed by atoms with van der Waals surface area (Å²) in [7, 11) is -3.73. The molecule has 9 nitrogen and oxygen atoms in total. The zero-order valence-electron chi connectivity index (χ0n) is 20.4. The van der Waals surface area contributed by atoms with Gasteiger partial charge in [0.05, 0.1) is 18.1 Å². The number of hydrogen-bond acceptors (Lipinski definition) is 7. The van der Waals surface area contributed by atoms with E-state index in [1.165, 1.54) is 16.4 Å². The van der Waals surface area contributed by atoms with Crippen molar-refractivity contribution in [1.82, 2.24) is 4.31 Å². The van der Waals surface area contributed by atoms with E-state index in [1.807, 2.05) is 30.3 Å². The molecule has 1 amide bonds. The molecule has 0 aliphatic carbocycles. The molecule has 0 spiro atoms. The third kappa shape index (κ3) is 6.73. The number of esters is 1. The minimum atomic E-state index is -3.73. The molecule has 0 unspecified atom stereocenters. The van der Waals surface area contributed by atoms with Crippen LogP contribution in [0.2, 0.25) is 0 Å². The predicted molar refractivity (Wildman–Crippen MR) is 137 cm³/mol. The number of carbonyl (C=O) groups excluding carboxylic acids is 2. The van der Waals surface area contributed by atoms with Crippen molar-refractivity contribution in [3.63, 3.8) is 0 Å². The first-order valence-corrected chi connectivity index (χ1v) is 13.2. The van der Waals surface area contributed by atoms with Gasteiger partial charge in [0.2, 0.25) is 10.0 Å². The van der Waals surface area contributed by atoms with Crippen LogP contribution in [-0.2, 0) is 30.9 Å². The van der Waals surface area contributed by atoms with Gasteiger partial charge < -0.3 is 19.5 Å². The van der Waals surface area contributed by atoms with Crippen LogP contribution in [-0.4, -0.2) is 57.5 Å². The summed E-state index contributed by atoms with van der Waals surface area (Å²) in [5.41, 5.74) is 2.13. The van der Waals surface area contributed by atoms with Gasteiger partial charge in [-0.1, -0.05) is 48.5 Å². The molecular formula is C27H28N2O7S. The fourth-order valence-corrected chi connectivity index (χ4v) is 5.16. The second kappa shape index (κ2) is 12.0. The molecule has 1 N–H and O–H groups in total. The first-order chi connectivity index (χ1) is 17.8. The van der Waals surface area contributed by atoms with Crippen molar-refractivity contribution in [2.75, 3.05) is 38.2 Å². The highest BCUT2D eigenvalue weighted by atomic mass is 32.2. The Bertz CT molecular complexity index is 1350. The summed E-state index contributed by atoms with van der Waals surface area (Å²) >= 11 is 0. The van der Waals surface area contributed by atoms with Gasteiger partial charge in [0.25, 0.3) is 5.91 Å². The number of para-hydroxylation sites is 1. The van der Waals surface area contributed by atoms with Gasteiger partial charge in [-0.3, -0.25) is 4.79 Å². The summed E-state index contributed by atoms with van der Waals surface area (Å²) in [6.45, 7) is 2.67. The molecule has 1 saturated heterocycles. The normalized spacial score (nSPS) is 14.1. The number of nitrogens with zero attached hydrogens (tertiary/aromatic N) is 1. The van der Waals surface area contributed by atoms with E-state index in [0.29, 0.717) is 30.2 Å². The Morgan fingerprint density at radius 3 is 2.43 bits per heavy atom. The number of hydrogen-bond donors (Lipinski definition) is 1. The fourth-order valence-electron chi connectivity index (χ4n) is 3.72. The average Bonchev–Trinajstić information content (AvgIpc) is 2.93. The molecule has 194 valence electrons. The van der Waals surface area contributed by atoms with Crippen LogP contribution in [0.15, 0.2) is 77.7 Å². The number of rotatable bonds is 9. The second-order valence-electron chi connectivity index (χ2n) is 8.39. The average molecular weight is 525 g/mol. The molecule has 0 aromatic heterocycles. The molecule has 0 atom stereocenters. The van der Waals surface area contributed by atoms with E-state index in [1.54, 1.807) is 37.3 Å². The number of ether oxygens (including phenoxy) is 3. The summed E-state index contributed by atoms with van der Waals surface area (Å²) in [6.07, 6.45) is 0. The maximum Gasteiger partial charge on any atom is 0.342 e. The van der Waals surface area contributed by atoms with Crippen molar-refractivity contribution in [3.05, 3.63) is 89.5 Å². The molecule has 10 heteroatoms. The van der Waals surface area contributed by atoms with Gasteiger partial charge in [0.15, 0.2) is 6.61 Å².